The zero-order valence-corrected chi connectivity index (χ0v) is 9.63. The Morgan fingerprint density at radius 3 is 1.94 bits per heavy atom. The van der Waals surface area contributed by atoms with Crippen molar-refractivity contribution >= 4 is 5.97 Å². The van der Waals surface area contributed by atoms with E-state index in [0.717, 1.165) is 16.7 Å². The van der Waals surface area contributed by atoms with Gasteiger partial charge in [-0.15, -0.1) is 0 Å². The molecule has 2 aromatic carbocycles. The second-order valence-electron chi connectivity index (χ2n) is 3.91. The molecule has 0 aliphatic heterocycles. The largest absolute Gasteiger partial charge is 0.478 e. The van der Waals surface area contributed by atoms with Crippen LogP contribution in [0.1, 0.15) is 15.9 Å². The van der Waals surface area contributed by atoms with Crippen molar-refractivity contribution in [3.05, 3.63) is 59.7 Å². The fourth-order valence-electron chi connectivity index (χ4n) is 1.71. The molecule has 3 nitrogen and oxygen atoms in total. The molecule has 0 aliphatic carbocycles. The van der Waals surface area contributed by atoms with Crippen molar-refractivity contribution in [1.82, 2.24) is 0 Å². The van der Waals surface area contributed by atoms with E-state index in [1.54, 1.807) is 24.3 Å². The molecule has 2 aromatic rings. The van der Waals surface area contributed by atoms with Crippen LogP contribution in [0.3, 0.4) is 0 Å². The van der Waals surface area contributed by atoms with Crippen LogP contribution in [0.2, 0.25) is 0 Å². The number of aromatic carboxylic acids is 1. The molecule has 0 atom stereocenters. The number of benzene rings is 2. The van der Waals surface area contributed by atoms with Gasteiger partial charge in [0.25, 0.3) is 0 Å². The first-order chi connectivity index (χ1) is 8.70. The molecule has 0 saturated carbocycles. The molecule has 0 heterocycles. The van der Waals surface area contributed by atoms with E-state index in [-0.39, 0.29) is 5.56 Å². The third kappa shape index (κ3) is 2.55. The smallest absolute Gasteiger partial charge is 0.335 e. The molecule has 0 saturated heterocycles. The monoisotopic (exact) mass is 237 g/mol. The minimum absolute atomic E-state index is 0.278. The third-order valence-corrected chi connectivity index (χ3v) is 2.70. The molecule has 0 fully saturated rings. The van der Waals surface area contributed by atoms with Crippen LogP contribution >= 0.6 is 0 Å². The standard InChI is InChI=1S/C15H11NO2/c16-10-9-11-1-3-12(4-2-11)13-5-7-14(8-6-13)15(17)18/h1-8H,9H2,(H,17,18). The van der Waals surface area contributed by atoms with Crippen LogP contribution < -0.4 is 0 Å². The molecule has 1 N–H and O–H groups in total. The number of carboxylic acids is 1. The average molecular weight is 237 g/mol. The second kappa shape index (κ2) is 5.15. The third-order valence-electron chi connectivity index (χ3n) is 2.70. The summed E-state index contributed by atoms with van der Waals surface area (Å²) in [6.07, 6.45) is 0.401. The highest BCUT2D eigenvalue weighted by Gasteiger charge is 2.03. The summed E-state index contributed by atoms with van der Waals surface area (Å²) in [6.45, 7) is 0. The highest BCUT2D eigenvalue weighted by Crippen LogP contribution is 2.20. The van der Waals surface area contributed by atoms with Crippen molar-refractivity contribution in [1.29, 1.82) is 5.26 Å². The Morgan fingerprint density at radius 2 is 1.50 bits per heavy atom. The quantitative estimate of drug-likeness (QED) is 0.892. The maximum Gasteiger partial charge on any atom is 0.335 e. The molecule has 0 unspecified atom stereocenters. The molecular weight excluding hydrogens is 226 g/mol. The zero-order valence-electron chi connectivity index (χ0n) is 9.63. The predicted molar refractivity (Wildman–Crippen MR) is 68.2 cm³/mol. The Hall–Kier alpha value is -2.60. The van der Waals surface area contributed by atoms with E-state index < -0.39 is 5.97 Å². The lowest BCUT2D eigenvalue weighted by atomic mass is 10.0. The fraction of sp³-hybridized carbons (Fsp3) is 0.0667. The van der Waals surface area contributed by atoms with Crippen molar-refractivity contribution in [3.8, 4) is 17.2 Å². The summed E-state index contributed by atoms with van der Waals surface area (Å²) in [5.74, 6) is -0.925. The van der Waals surface area contributed by atoms with Gasteiger partial charge in [-0.25, -0.2) is 4.79 Å². The van der Waals surface area contributed by atoms with E-state index in [9.17, 15) is 4.79 Å². The molecule has 0 bridgehead atoms. The van der Waals surface area contributed by atoms with Gasteiger partial charge in [0.2, 0.25) is 0 Å². The van der Waals surface area contributed by atoms with Crippen molar-refractivity contribution in [3.63, 3.8) is 0 Å². The minimum Gasteiger partial charge on any atom is -0.478 e. The van der Waals surface area contributed by atoms with Gasteiger partial charge in [0.15, 0.2) is 0 Å². The fourth-order valence-corrected chi connectivity index (χ4v) is 1.71. The summed E-state index contributed by atoms with van der Waals surface area (Å²) in [7, 11) is 0. The van der Waals surface area contributed by atoms with Gasteiger partial charge in [-0.1, -0.05) is 36.4 Å². The highest BCUT2D eigenvalue weighted by molar-refractivity contribution is 5.88. The second-order valence-corrected chi connectivity index (χ2v) is 3.91. The molecule has 18 heavy (non-hydrogen) atoms. The molecule has 0 amide bonds. The van der Waals surface area contributed by atoms with Gasteiger partial charge in [-0.05, 0) is 28.8 Å². The normalized spacial score (nSPS) is 9.72. The lowest BCUT2D eigenvalue weighted by molar-refractivity contribution is 0.0697. The van der Waals surface area contributed by atoms with Crippen molar-refractivity contribution in [2.45, 2.75) is 6.42 Å². The Kier molecular flexibility index (Phi) is 3.40. The van der Waals surface area contributed by atoms with Gasteiger partial charge < -0.3 is 5.11 Å². The number of rotatable bonds is 3. The molecule has 0 radical (unpaired) electrons. The Balaban J connectivity index is 2.26. The van der Waals surface area contributed by atoms with E-state index in [1.807, 2.05) is 24.3 Å². The summed E-state index contributed by atoms with van der Waals surface area (Å²) in [5, 5.41) is 17.4. The Morgan fingerprint density at radius 1 is 1.00 bits per heavy atom. The Bertz CT molecular complexity index is 592. The van der Waals surface area contributed by atoms with Crippen LogP contribution in [0.4, 0.5) is 0 Å². The van der Waals surface area contributed by atoms with E-state index >= 15 is 0 Å². The highest BCUT2D eigenvalue weighted by atomic mass is 16.4. The number of hydrogen-bond donors (Lipinski definition) is 1. The van der Waals surface area contributed by atoms with Crippen LogP contribution in [0.25, 0.3) is 11.1 Å². The van der Waals surface area contributed by atoms with Crippen molar-refractivity contribution in [2.24, 2.45) is 0 Å². The van der Waals surface area contributed by atoms with E-state index in [1.165, 1.54) is 0 Å². The summed E-state index contributed by atoms with van der Waals surface area (Å²) < 4.78 is 0. The number of nitrogens with zero attached hydrogens (tertiary/aromatic N) is 1. The number of hydrogen-bond acceptors (Lipinski definition) is 2. The summed E-state index contributed by atoms with van der Waals surface area (Å²) in [5.41, 5.74) is 3.22. The summed E-state index contributed by atoms with van der Waals surface area (Å²) >= 11 is 0. The molecule has 2 rings (SSSR count). The van der Waals surface area contributed by atoms with E-state index in [0.29, 0.717) is 6.42 Å². The van der Waals surface area contributed by atoms with Crippen LogP contribution in [0.15, 0.2) is 48.5 Å². The average Bonchev–Trinajstić information content (AvgIpc) is 2.40. The predicted octanol–water partition coefficient (Wildman–Crippen LogP) is 3.12. The zero-order chi connectivity index (χ0) is 13.0. The summed E-state index contributed by atoms with van der Waals surface area (Å²) in [4.78, 5) is 10.7. The molecule has 0 spiro atoms. The van der Waals surface area contributed by atoms with E-state index in [4.69, 9.17) is 10.4 Å². The molecule has 0 aromatic heterocycles. The number of carboxylic acid groups (broad SMARTS) is 1. The Labute approximate surface area is 105 Å². The lowest BCUT2D eigenvalue weighted by Gasteiger charge is -2.03. The van der Waals surface area contributed by atoms with Crippen LogP contribution in [0, 0.1) is 11.3 Å². The first-order valence-corrected chi connectivity index (χ1v) is 5.50. The van der Waals surface area contributed by atoms with Crippen molar-refractivity contribution < 1.29 is 9.90 Å². The number of carbonyl (C=O) groups is 1. The van der Waals surface area contributed by atoms with E-state index in [2.05, 4.69) is 6.07 Å². The van der Waals surface area contributed by atoms with Crippen LogP contribution in [-0.4, -0.2) is 11.1 Å². The first kappa shape index (κ1) is 11.9. The minimum atomic E-state index is -0.925. The number of nitriles is 1. The molecular formula is C15H11NO2. The first-order valence-electron chi connectivity index (χ1n) is 5.50. The van der Waals surface area contributed by atoms with Gasteiger partial charge >= 0.3 is 5.97 Å². The van der Waals surface area contributed by atoms with Crippen molar-refractivity contribution in [2.75, 3.05) is 0 Å². The maximum absolute atomic E-state index is 10.7. The lowest BCUT2D eigenvalue weighted by Crippen LogP contribution is -1.94. The van der Waals surface area contributed by atoms with Gasteiger partial charge in [-0.3, -0.25) is 0 Å². The molecule has 3 heteroatoms. The van der Waals surface area contributed by atoms with Gasteiger partial charge in [0.1, 0.15) is 0 Å². The van der Waals surface area contributed by atoms with Gasteiger partial charge in [0.05, 0.1) is 18.1 Å². The van der Waals surface area contributed by atoms with Gasteiger partial charge in [0, 0.05) is 0 Å². The SMILES string of the molecule is N#CCc1ccc(-c2ccc(C(=O)O)cc2)cc1. The topological polar surface area (TPSA) is 61.1 Å². The van der Waals surface area contributed by atoms with Crippen LogP contribution in [-0.2, 0) is 6.42 Å². The van der Waals surface area contributed by atoms with Gasteiger partial charge in [-0.2, -0.15) is 5.26 Å². The van der Waals surface area contributed by atoms with Crippen LogP contribution in [0.5, 0.6) is 0 Å². The molecule has 0 aliphatic rings. The maximum atomic E-state index is 10.7. The summed E-state index contributed by atoms with van der Waals surface area (Å²) in [6, 6.07) is 16.5. The molecule has 88 valence electrons.